The van der Waals surface area contributed by atoms with E-state index in [4.69, 9.17) is 11.2 Å². The maximum Gasteiger partial charge on any atom is 0.264 e. The first-order valence-corrected chi connectivity index (χ1v) is 12.0. The molecule has 0 unspecified atom stereocenters. The number of nitrogens with one attached hydrogen (secondary N) is 3. The molecule has 36 heavy (non-hydrogen) atoms. The van der Waals surface area contributed by atoms with Gasteiger partial charge in [-0.05, 0) is 48.9 Å². The molecule has 0 bridgehead atoms. The van der Waals surface area contributed by atoms with Gasteiger partial charge in [0.15, 0.2) is 11.6 Å². The second-order valence-electron chi connectivity index (χ2n) is 7.76. The van der Waals surface area contributed by atoms with Crippen molar-refractivity contribution in [2.75, 3.05) is 17.2 Å². The van der Waals surface area contributed by atoms with E-state index in [1.54, 1.807) is 57.2 Å². The summed E-state index contributed by atoms with van der Waals surface area (Å²) in [6.45, 7) is 4.93. The van der Waals surface area contributed by atoms with Crippen LogP contribution in [0.3, 0.4) is 0 Å². The summed E-state index contributed by atoms with van der Waals surface area (Å²) >= 11 is 0. The number of terminal acetylenes is 1. The van der Waals surface area contributed by atoms with Crippen LogP contribution in [0.2, 0.25) is 0 Å². The predicted octanol–water partition coefficient (Wildman–Crippen LogP) is 3.50. The molecule has 3 aromatic rings. The number of aromatic nitrogens is 2. The van der Waals surface area contributed by atoms with E-state index >= 15 is 0 Å². The molecule has 0 saturated heterocycles. The topological polar surface area (TPSA) is 122 Å². The summed E-state index contributed by atoms with van der Waals surface area (Å²) in [5, 5.41) is 5.71. The van der Waals surface area contributed by atoms with Gasteiger partial charge in [0.05, 0.1) is 11.1 Å². The van der Waals surface area contributed by atoms with Crippen molar-refractivity contribution in [3.8, 4) is 18.1 Å². The van der Waals surface area contributed by atoms with E-state index in [1.165, 1.54) is 6.07 Å². The maximum atomic E-state index is 14.3. The first-order chi connectivity index (χ1) is 16.6. The molecule has 3 rings (SSSR count). The average molecular weight is 521 g/mol. The minimum absolute atomic E-state index is 0. The Morgan fingerprint density at radius 3 is 2.44 bits per heavy atom. The molecule has 0 atom stereocenters. The van der Waals surface area contributed by atoms with Gasteiger partial charge in [-0.2, -0.15) is 4.98 Å². The van der Waals surface area contributed by atoms with Crippen molar-refractivity contribution in [1.29, 1.82) is 0 Å². The van der Waals surface area contributed by atoms with Crippen LogP contribution < -0.4 is 20.1 Å². The molecule has 0 aliphatic rings. The summed E-state index contributed by atoms with van der Waals surface area (Å²) in [6.07, 6.45) is 6.15. The van der Waals surface area contributed by atoms with Gasteiger partial charge >= 0.3 is 0 Å². The number of amides is 1. The molecule has 0 aliphatic heterocycles. The van der Waals surface area contributed by atoms with Crippen LogP contribution in [0.5, 0.6) is 5.75 Å². The number of carbonyl (C=O) groups excluding carboxylic acids is 1. The second kappa shape index (κ2) is 12.7. The molecule has 2 aromatic carbocycles. The number of carbonyl (C=O) groups is 1. The number of anilines is 4. The van der Waals surface area contributed by atoms with Crippen LogP contribution in [0, 0.1) is 31.0 Å². The molecular weight excluding hydrogens is 496 g/mol. The zero-order valence-corrected chi connectivity index (χ0v) is 23.1. The number of benzene rings is 2. The van der Waals surface area contributed by atoms with Crippen molar-refractivity contribution < 1.29 is 22.3 Å². The van der Waals surface area contributed by atoms with Crippen LogP contribution in [0.15, 0.2) is 53.6 Å². The third-order valence-electron chi connectivity index (χ3n) is 4.68. The van der Waals surface area contributed by atoms with Crippen LogP contribution in [-0.2, 0) is 14.8 Å². The number of halogens is 1. The van der Waals surface area contributed by atoms with Gasteiger partial charge in [0.25, 0.3) is 10.0 Å². The molecule has 12 heteroatoms. The van der Waals surface area contributed by atoms with Crippen LogP contribution >= 0.6 is 0 Å². The van der Waals surface area contributed by atoms with E-state index in [1.807, 2.05) is 0 Å². The van der Waals surface area contributed by atoms with Crippen molar-refractivity contribution in [2.45, 2.75) is 25.7 Å². The molecule has 0 aliphatic carbocycles. The van der Waals surface area contributed by atoms with Gasteiger partial charge in [-0.15, -0.1) is 6.42 Å². The molecule has 0 fully saturated rings. The van der Waals surface area contributed by atoms with Gasteiger partial charge in [-0.1, -0.05) is 25.8 Å². The molecule has 1 amide bonds. The normalized spacial score (nSPS) is 10.7. The predicted molar refractivity (Wildman–Crippen MR) is 136 cm³/mol. The fraction of sp³-hybridized carbons (Fsp3) is 0.208. The Balaban J connectivity index is 0.00000456. The summed E-state index contributed by atoms with van der Waals surface area (Å²) in [5.41, 5.74) is 1.32. The van der Waals surface area contributed by atoms with Gasteiger partial charge in [-0.25, -0.2) is 22.5 Å². The van der Waals surface area contributed by atoms with Gasteiger partial charge in [0.1, 0.15) is 12.4 Å². The fourth-order valence-electron chi connectivity index (χ4n) is 2.81. The first-order valence-electron chi connectivity index (χ1n) is 10.5. The Morgan fingerprint density at radius 1 is 1.14 bits per heavy atom. The number of aryl methyl sites for hydroxylation is 1. The zero-order chi connectivity index (χ0) is 25.6. The molecular formula is C24H24FN5NaO4S. The molecule has 1 aromatic heterocycles. The fourth-order valence-corrected chi connectivity index (χ4v) is 4.20. The largest absolute Gasteiger partial charge is 0.481 e. The summed E-state index contributed by atoms with van der Waals surface area (Å²) in [6, 6.07) is 11.2. The first kappa shape index (κ1) is 29.1. The van der Waals surface area contributed by atoms with E-state index in [-0.39, 0.29) is 52.8 Å². The molecule has 1 heterocycles. The van der Waals surface area contributed by atoms with Crippen molar-refractivity contribution in [3.05, 3.63) is 60.0 Å². The van der Waals surface area contributed by atoms with Gasteiger partial charge in [0.2, 0.25) is 11.9 Å². The second-order valence-corrected chi connectivity index (χ2v) is 9.41. The van der Waals surface area contributed by atoms with E-state index in [0.717, 1.165) is 6.20 Å². The Labute approximate surface area is 231 Å². The van der Waals surface area contributed by atoms with E-state index in [9.17, 15) is 17.6 Å². The van der Waals surface area contributed by atoms with E-state index in [0.29, 0.717) is 22.7 Å². The molecule has 3 N–H and O–H groups in total. The Morgan fingerprint density at radius 2 is 1.81 bits per heavy atom. The third kappa shape index (κ3) is 7.66. The Kier molecular flexibility index (Phi) is 10.2. The standard InChI is InChI=1S/C24H24FN5O4S.Na/c1-5-12-34-19-10-8-17(9-11-19)27-22-20(25)14-26-24(29-22)28-18-7-6-16(4)21(13-18)35(32,33)30-23(31)15(2)3;/h1,6-11,13-15H,12H2,2-4H3,(H,30,31)(H2,26,27,28,29);. The average Bonchev–Trinajstić information content (AvgIpc) is 2.81. The number of ether oxygens (including phenoxy) is 1. The Bertz CT molecular complexity index is 1380. The monoisotopic (exact) mass is 520 g/mol. The SMILES string of the molecule is C#CCOc1ccc(Nc2nc(Nc3ccc(C)c(S(=O)(=O)NC(=O)C(C)C)c3)ncc2F)cc1.[Na]. The summed E-state index contributed by atoms with van der Waals surface area (Å²) in [7, 11) is -4.09. The molecule has 1 radical (unpaired) electrons. The van der Waals surface area contributed by atoms with Crippen LogP contribution in [0.4, 0.5) is 27.5 Å². The Hall–Kier alpha value is -3.17. The summed E-state index contributed by atoms with van der Waals surface area (Å²) in [4.78, 5) is 19.9. The number of hydrogen-bond acceptors (Lipinski definition) is 8. The zero-order valence-electron chi connectivity index (χ0n) is 20.3. The van der Waals surface area contributed by atoms with Gasteiger partial charge < -0.3 is 15.4 Å². The number of nitrogens with zero attached hydrogens (tertiary/aromatic N) is 2. The van der Waals surface area contributed by atoms with Crippen molar-refractivity contribution in [3.63, 3.8) is 0 Å². The molecule has 0 spiro atoms. The van der Waals surface area contributed by atoms with Gasteiger partial charge in [-0.3, -0.25) is 4.79 Å². The number of hydrogen-bond donors (Lipinski definition) is 3. The number of sulfonamides is 1. The van der Waals surface area contributed by atoms with Crippen molar-refractivity contribution >= 4 is 68.6 Å². The molecule has 183 valence electrons. The van der Waals surface area contributed by atoms with Crippen LogP contribution in [0.1, 0.15) is 19.4 Å². The third-order valence-corrected chi connectivity index (χ3v) is 6.17. The van der Waals surface area contributed by atoms with Crippen LogP contribution in [0.25, 0.3) is 0 Å². The smallest absolute Gasteiger partial charge is 0.264 e. The van der Waals surface area contributed by atoms with Gasteiger partial charge in [0, 0.05) is 46.8 Å². The van der Waals surface area contributed by atoms with Crippen molar-refractivity contribution in [1.82, 2.24) is 14.7 Å². The molecule has 0 saturated carbocycles. The summed E-state index contributed by atoms with van der Waals surface area (Å²) in [5.74, 6) is 1.06. The maximum absolute atomic E-state index is 14.3. The minimum atomic E-state index is -4.09. The summed E-state index contributed by atoms with van der Waals surface area (Å²) < 4.78 is 47.1. The van der Waals surface area contributed by atoms with Crippen molar-refractivity contribution in [2.24, 2.45) is 5.92 Å². The van der Waals surface area contributed by atoms with Crippen LogP contribution in [-0.4, -0.2) is 60.5 Å². The van der Waals surface area contributed by atoms with E-state index < -0.39 is 27.7 Å². The quantitative estimate of drug-likeness (QED) is 0.290. The van der Waals surface area contributed by atoms with E-state index in [2.05, 4.69) is 31.2 Å². The number of rotatable bonds is 9. The molecule has 9 nitrogen and oxygen atoms in total. The minimum Gasteiger partial charge on any atom is -0.481 e.